The van der Waals surface area contributed by atoms with Gasteiger partial charge in [0.2, 0.25) is 5.89 Å². The first kappa shape index (κ1) is 12.3. The third-order valence-electron chi connectivity index (χ3n) is 2.50. The maximum Gasteiger partial charge on any atom is 0.252 e. The molecule has 0 saturated carbocycles. The summed E-state index contributed by atoms with van der Waals surface area (Å²) in [5.74, 6) is 2.51. The van der Waals surface area contributed by atoms with E-state index in [0.29, 0.717) is 24.0 Å². The van der Waals surface area contributed by atoms with Crippen molar-refractivity contribution in [3.05, 3.63) is 40.1 Å². The van der Waals surface area contributed by atoms with Crippen molar-refractivity contribution in [2.24, 2.45) is 0 Å². The van der Waals surface area contributed by atoms with Gasteiger partial charge in [0.15, 0.2) is 0 Å². The molecular weight excluding hydrogens is 232 g/mol. The summed E-state index contributed by atoms with van der Waals surface area (Å²) < 4.78 is 5.42. The van der Waals surface area contributed by atoms with Gasteiger partial charge < -0.3 is 14.7 Å². The molecule has 2 aromatic heterocycles. The van der Waals surface area contributed by atoms with E-state index in [1.165, 1.54) is 6.07 Å². The summed E-state index contributed by atoms with van der Waals surface area (Å²) in [5, 5.41) is 3.10. The maximum atomic E-state index is 11.4. The fourth-order valence-corrected chi connectivity index (χ4v) is 1.61. The van der Waals surface area contributed by atoms with E-state index in [1.807, 2.05) is 20.8 Å². The van der Waals surface area contributed by atoms with Crippen molar-refractivity contribution in [2.75, 3.05) is 5.32 Å². The van der Waals surface area contributed by atoms with E-state index in [1.54, 1.807) is 6.20 Å². The lowest BCUT2D eigenvalue weighted by molar-refractivity contribution is 0.453. The number of aryl methyl sites for hydroxylation is 2. The maximum absolute atomic E-state index is 11.4. The lowest BCUT2D eigenvalue weighted by Gasteiger charge is -2.11. The minimum absolute atomic E-state index is 0.141. The highest BCUT2D eigenvalue weighted by Gasteiger charge is 2.12. The first-order valence-corrected chi connectivity index (χ1v) is 5.87. The van der Waals surface area contributed by atoms with Gasteiger partial charge in [-0.25, -0.2) is 9.97 Å². The molecule has 96 valence electrons. The number of hydrogen-bond acceptors (Lipinski definition) is 5. The molecule has 1 atom stereocenters. The Morgan fingerprint density at radius 2 is 2.33 bits per heavy atom. The number of aromatic amines is 1. The number of rotatable bonds is 4. The lowest BCUT2D eigenvalue weighted by Crippen LogP contribution is -2.15. The van der Waals surface area contributed by atoms with Gasteiger partial charge in [0.1, 0.15) is 23.4 Å². The Morgan fingerprint density at radius 3 is 2.94 bits per heavy atom. The zero-order valence-electron chi connectivity index (χ0n) is 10.7. The van der Waals surface area contributed by atoms with Crippen molar-refractivity contribution >= 4 is 5.82 Å². The van der Waals surface area contributed by atoms with Gasteiger partial charge in [-0.15, -0.1) is 0 Å². The van der Waals surface area contributed by atoms with E-state index < -0.39 is 0 Å². The minimum Gasteiger partial charge on any atom is -0.444 e. The summed E-state index contributed by atoms with van der Waals surface area (Å²) in [5.41, 5.74) is -0.167. The summed E-state index contributed by atoms with van der Waals surface area (Å²) >= 11 is 0. The number of H-pyrrole nitrogens is 1. The second-order valence-corrected chi connectivity index (χ2v) is 4.11. The molecule has 0 bridgehead atoms. The first-order valence-electron chi connectivity index (χ1n) is 5.87. The van der Waals surface area contributed by atoms with Crippen LogP contribution in [0, 0.1) is 6.92 Å². The molecule has 0 amide bonds. The van der Waals surface area contributed by atoms with Crippen LogP contribution in [0.1, 0.15) is 37.4 Å². The van der Waals surface area contributed by atoms with Crippen LogP contribution in [0.5, 0.6) is 0 Å². The zero-order valence-corrected chi connectivity index (χ0v) is 10.7. The first-order chi connectivity index (χ1) is 8.58. The van der Waals surface area contributed by atoms with Gasteiger partial charge in [-0.2, -0.15) is 0 Å². The molecule has 0 radical (unpaired) electrons. The van der Waals surface area contributed by atoms with Crippen LogP contribution in [-0.4, -0.2) is 15.0 Å². The third kappa shape index (κ3) is 2.77. The van der Waals surface area contributed by atoms with Crippen molar-refractivity contribution in [1.82, 2.24) is 15.0 Å². The average Bonchev–Trinajstić information content (AvgIpc) is 2.75. The lowest BCUT2D eigenvalue weighted by atomic mass is 10.3. The van der Waals surface area contributed by atoms with Crippen LogP contribution in [0.25, 0.3) is 0 Å². The fraction of sp³-hybridized carbons (Fsp3) is 0.417. The highest BCUT2D eigenvalue weighted by molar-refractivity contribution is 5.34. The summed E-state index contributed by atoms with van der Waals surface area (Å²) in [4.78, 5) is 22.5. The van der Waals surface area contributed by atoms with Crippen LogP contribution < -0.4 is 10.9 Å². The summed E-state index contributed by atoms with van der Waals surface area (Å²) in [6.07, 6.45) is 2.34. The largest absolute Gasteiger partial charge is 0.444 e. The van der Waals surface area contributed by atoms with E-state index in [2.05, 4.69) is 20.3 Å². The van der Waals surface area contributed by atoms with Crippen molar-refractivity contribution in [3.8, 4) is 0 Å². The van der Waals surface area contributed by atoms with Crippen molar-refractivity contribution in [3.63, 3.8) is 0 Å². The topological polar surface area (TPSA) is 83.8 Å². The van der Waals surface area contributed by atoms with Gasteiger partial charge in [0, 0.05) is 12.5 Å². The van der Waals surface area contributed by atoms with E-state index in [9.17, 15) is 4.79 Å². The number of nitrogens with one attached hydrogen (secondary N) is 2. The molecular formula is C12H16N4O2. The number of oxazole rings is 1. The Hall–Kier alpha value is -2.11. The van der Waals surface area contributed by atoms with Crippen LogP contribution in [0.4, 0.5) is 5.82 Å². The normalized spacial score (nSPS) is 12.4. The molecule has 0 aromatic carbocycles. The molecule has 1 unspecified atom stereocenters. The van der Waals surface area contributed by atoms with E-state index in [4.69, 9.17) is 4.42 Å². The summed E-state index contributed by atoms with van der Waals surface area (Å²) in [6.45, 7) is 5.67. The van der Waals surface area contributed by atoms with Gasteiger partial charge >= 0.3 is 0 Å². The smallest absolute Gasteiger partial charge is 0.252 e. The van der Waals surface area contributed by atoms with E-state index in [0.717, 1.165) is 5.76 Å². The molecule has 0 aliphatic carbocycles. The Balaban J connectivity index is 2.18. The fourth-order valence-electron chi connectivity index (χ4n) is 1.61. The van der Waals surface area contributed by atoms with Gasteiger partial charge in [-0.1, -0.05) is 6.92 Å². The Morgan fingerprint density at radius 1 is 1.56 bits per heavy atom. The molecule has 0 fully saturated rings. The number of aromatic nitrogens is 3. The monoisotopic (exact) mass is 248 g/mol. The molecule has 0 spiro atoms. The Bertz CT molecular complexity index is 588. The van der Waals surface area contributed by atoms with Crippen molar-refractivity contribution in [2.45, 2.75) is 33.2 Å². The second-order valence-electron chi connectivity index (χ2n) is 4.11. The highest BCUT2D eigenvalue weighted by Crippen LogP contribution is 2.16. The molecule has 6 nitrogen and oxygen atoms in total. The molecule has 6 heteroatoms. The van der Waals surface area contributed by atoms with E-state index in [-0.39, 0.29) is 11.6 Å². The van der Waals surface area contributed by atoms with Crippen LogP contribution >= 0.6 is 0 Å². The third-order valence-corrected chi connectivity index (χ3v) is 2.50. The predicted octanol–water partition coefficient (Wildman–Crippen LogP) is 1.80. The molecule has 2 aromatic rings. The predicted molar refractivity (Wildman–Crippen MR) is 67.5 cm³/mol. The second kappa shape index (κ2) is 5.03. The van der Waals surface area contributed by atoms with Crippen LogP contribution in [0.2, 0.25) is 0 Å². The molecule has 0 aliphatic rings. The Kier molecular flexibility index (Phi) is 3.45. The minimum atomic E-state index is -0.167. The van der Waals surface area contributed by atoms with Gasteiger partial charge in [-0.3, -0.25) is 4.79 Å². The number of hydrogen-bond donors (Lipinski definition) is 2. The molecule has 2 N–H and O–H groups in total. The van der Waals surface area contributed by atoms with Crippen LogP contribution in [-0.2, 0) is 6.42 Å². The van der Waals surface area contributed by atoms with Gasteiger partial charge in [0.25, 0.3) is 5.56 Å². The Labute approximate surface area is 104 Å². The molecule has 2 rings (SSSR count). The van der Waals surface area contributed by atoms with Crippen molar-refractivity contribution < 1.29 is 4.42 Å². The highest BCUT2D eigenvalue weighted by atomic mass is 16.4. The van der Waals surface area contributed by atoms with Gasteiger partial charge in [0.05, 0.1) is 6.20 Å². The van der Waals surface area contributed by atoms with Crippen LogP contribution in [0.15, 0.2) is 21.5 Å². The van der Waals surface area contributed by atoms with Crippen molar-refractivity contribution in [1.29, 1.82) is 0 Å². The number of anilines is 1. The zero-order chi connectivity index (χ0) is 13.1. The molecule has 2 heterocycles. The average molecular weight is 248 g/mol. The SMILES string of the molecule is CCc1nc(NC(C)c2ncc(C)o2)cc(=O)[nH]1. The standard InChI is InChI=1S/C12H16N4O2/c1-4-9-15-10(5-11(17)16-9)14-8(3)12-13-6-7(2)18-12/h5-6,8H,4H2,1-3H3,(H2,14,15,16,17). The summed E-state index contributed by atoms with van der Waals surface area (Å²) in [6, 6.07) is 1.28. The molecule has 0 saturated heterocycles. The van der Waals surface area contributed by atoms with Crippen LogP contribution in [0.3, 0.4) is 0 Å². The molecule has 0 aliphatic heterocycles. The molecule has 18 heavy (non-hydrogen) atoms. The van der Waals surface area contributed by atoms with E-state index >= 15 is 0 Å². The van der Waals surface area contributed by atoms with Gasteiger partial charge in [-0.05, 0) is 13.8 Å². The summed E-state index contributed by atoms with van der Waals surface area (Å²) in [7, 11) is 0. The quantitative estimate of drug-likeness (QED) is 0.862. The number of nitrogens with zero attached hydrogens (tertiary/aromatic N) is 2.